The highest BCUT2D eigenvalue weighted by Gasteiger charge is 2.20. The molecule has 0 aliphatic heterocycles. The molecule has 0 aromatic carbocycles. The van der Waals surface area contributed by atoms with E-state index < -0.39 is 0 Å². The van der Waals surface area contributed by atoms with Crippen molar-refractivity contribution >= 4 is 11.6 Å². The molecule has 1 aromatic heterocycles. The fourth-order valence-electron chi connectivity index (χ4n) is 2.59. The van der Waals surface area contributed by atoms with Gasteiger partial charge in [-0.05, 0) is 38.5 Å². The molecule has 1 fully saturated rings. The number of nitrogens with two attached hydrogens (primary N) is 1. The van der Waals surface area contributed by atoms with Crippen LogP contribution in [0.2, 0.25) is 0 Å². The van der Waals surface area contributed by atoms with Crippen molar-refractivity contribution in [3.8, 4) is 0 Å². The van der Waals surface area contributed by atoms with Crippen LogP contribution in [0.4, 0.5) is 11.6 Å². The minimum absolute atomic E-state index is 0.544. The van der Waals surface area contributed by atoms with Crippen molar-refractivity contribution in [3.63, 3.8) is 0 Å². The molecule has 17 heavy (non-hydrogen) atoms. The van der Waals surface area contributed by atoms with Gasteiger partial charge in [-0.2, -0.15) is 0 Å². The normalized spacial score (nSPS) is 24.6. The largest absolute Gasteiger partial charge is 0.384 e. The van der Waals surface area contributed by atoms with Gasteiger partial charge in [0.05, 0.1) is 0 Å². The molecule has 4 nitrogen and oxygen atoms in total. The summed E-state index contributed by atoms with van der Waals surface area (Å²) in [6.45, 7) is 4.16. The van der Waals surface area contributed by atoms with Crippen LogP contribution in [0.5, 0.6) is 0 Å². The summed E-state index contributed by atoms with van der Waals surface area (Å²) in [6.07, 6.45) is 6.44. The van der Waals surface area contributed by atoms with E-state index in [1.807, 2.05) is 13.0 Å². The fraction of sp³-hybridized carbons (Fsp3) is 0.692. The number of nitrogens with zero attached hydrogens (tertiary/aromatic N) is 2. The zero-order valence-electron chi connectivity index (χ0n) is 10.7. The first-order chi connectivity index (χ1) is 8.17. The molecule has 1 saturated carbocycles. The lowest BCUT2D eigenvalue weighted by Gasteiger charge is -2.28. The van der Waals surface area contributed by atoms with Crippen LogP contribution < -0.4 is 11.1 Å². The van der Waals surface area contributed by atoms with E-state index in [2.05, 4.69) is 22.2 Å². The Morgan fingerprint density at radius 1 is 1.29 bits per heavy atom. The number of nitrogens with one attached hydrogen (secondary N) is 1. The van der Waals surface area contributed by atoms with Crippen molar-refractivity contribution in [2.75, 3.05) is 11.1 Å². The van der Waals surface area contributed by atoms with Crippen LogP contribution in [0.1, 0.15) is 44.9 Å². The van der Waals surface area contributed by atoms with Gasteiger partial charge in [0.25, 0.3) is 0 Å². The second-order valence-electron chi connectivity index (χ2n) is 5.00. The Morgan fingerprint density at radius 3 is 2.59 bits per heavy atom. The lowest BCUT2D eigenvalue weighted by molar-refractivity contribution is 0.330. The van der Waals surface area contributed by atoms with E-state index in [1.165, 1.54) is 32.1 Å². The second kappa shape index (κ2) is 5.34. The predicted octanol–water partition coefficient (Wildman–Crippen LogP) is 2.75. The number of hydrogen-bond acceptors (Lipinski definition) is 4. The molecule has 1 heterocycles. The molecular formula is C13H22N4. The highest BCUT2D eigenvalue weighted by atomic mass is 15.1. The Morgan fingerprint density at radius 2 is 2.00 bits per heavy atom. The number of aryl methyl sites for hydroxylation is 1. The molecular weight excluding hydrogens is 212 g/mol. The Labute approximate surface area is 103 Å². The van der Waals surface area contributed by atoms with Crippen molar-refractivity contribution in [1.82, 2.24) is 9.97 Å². The second-order valence-corrected chi connectivity index (χ2v) is 5.00. The predicted molar refractivity (Wildman–Crippen MR) is 70.8 cm³/mol. The van der Waals surface area contributed by atoms with Gasteiger partial charge in [-0.1, -0.05) is 13.3 Å². The number of aromatic nitrogens is 2. The van der Waals surface area contributed by atoms with E-state index in [-0.39, 0.29) is 0 Å². The Kier molecular flexibility index (Phi) is 3.82. The zero-order chi connectivity index (χ0) is 12.3. The smallest absolute Gasteiger partial charge is 0.132 e. The van der Waals surface area contributed by atoms with Crippen molar-refractivity contribution in [3.05, 3.63) is 11.9 Å². The number of hydrogen-bond donors (Lipinski definition) is 2. The fourth-order valence-corrected chi connectivity index (χ4v) is 2.59. The van der Waals surface area contributed by atoms with Gasteiger partial charge < -0.3 is 11.1 Å². The van der Waals surface area contributed by atoms with E-state index in [1.54, 1.807) is 0 Å². The maximum atomic E-state index is 5.72. The van der Waals surface area contributed by atoms with Gasteiger partial charge in [0.1, 0.15) is 17.5 Å². The summed E-state index contributed by atoms with van der Waals surface area (Å²) in [5, 5.41) is 3.48. The molecule has 0 saturated heterocycles. The summed E-state index contributed by atoms with van der Waals surface area (Å²) in [5.41, 5.74) is 5.72. The standard InChI is InChI=1S/C13H22N4/c1-3-10-4-6-11(7-5-10)17-13-8-12(14)15-9(2)16-13/h8,10-11H,3-7H2,1-2H3,(H3,14,15,16,17). The first-order valence-corrected chi connectivity index (χ1v) is 6.55. The zero-order valence-corrected chi connectivity index (χ0v) is 10.7. The van der Waals surface area contributed by atoms with Crippen LogP contribution >= 0.6 is 0 Å². The van der Waals surface area contributed by atoms with E-state index >= 15 is 0 Å². The molecule has 0 atom stereocenters. The Balaban J connectivity index is 1.93. The highest BCUT2D eigenvalue weighted by Crippen LogP contribution is 2.28. The maximum Gasteiger partial charge on any atom is 0.132 e. The van der Waals surface area contributed by atoms with E-state index in [9.17, 15) is 0 Å². The quantitative estimate of drug-likeness (QED) is 0.844. The molecule has 0 spiro atoms. The summed E-state index contributed by atoms with van der Waals surface area (Å²) >= 11 is 0. The molecule has 1 aliphatic carbocycles. The molecule has 3 N–H and O–H groups in total. The molecule has 0 unspecified atom stereocenters. The lowest BCUT2D eigenvalue weighted by Crippen LogP contribution is -2.26. The maximum absolute atomic E-state index is 5.72. The SMILES string of the molecule is CCC1CCC(Nc2cc(N)nc(C)n2)CC1. The Hall–Kier alpha value is -1.32. The number of rotatable bonds is 3. The molecule has 0 bridgehead atoms. The van der Waals surface area contributed by atoms with Gasteiger partial charge in [0.2, 0.25) is 0 Å². The van der Waals surface area contributed by atoms with E-state index in [4.69, 9.17) is 5.73 Å². The minimum atomic E-state index is 0.544. The molecule has 2 rings (SSSR count). The van der Waals surface area contributed by atoms with Crippen LogP contribution in [0.3, 0.4) is 0 Å². The molecule has 0 amide bonds. The third-order valence-corrected chi connectivity index (χ3v) is 3.63. The van der Waals surface area contributed by atoms with Crippen LogP contribution in [0.25, 0.3) is 0 Å². The average Bonchev–Trinajstić information content (AvgIpc) is 2.28. The lowest BCUT2D eigenvalue weighted by atomic mass is 9.84. The van der Waals surface area contributed by atoms with Gasteiger partial charge in [0, 0.05) is 12.1 Å². The van der Waals surface area contributed by atoms with Crippen LogP contribution in [-0.4, -0.2) is 16.0 Å². The van der Waals surface area contributed by atoms with Gasteiger partial charge in [0.15, 0.2) is 0 Å². The highest BCUT2D eigenvalue weighted by molar-refractivity contribution is 5.45. The summed E-state index contributed by atoms with van der Waals surface area (Å²) < 4.78 is 0. The summed E-state index contributed by atoms with van der Waals surface area (Å²) in [6, 6.07) is 2.37. The first kappa shape index (κ1) is 12.1. The van der Waals surface area contributed by atoms with Crippen LogP contribution in [0, 0.1) is 12.8 Å². The number of nitrogen functional groups attached to an aromatic ring is 1. The summed E-state index contributed by atoms with van der Waals surface area (Å²) in [5.74, 6) is 3.07. The van der Waals surface area contributed by atoms with E-state index in [0.29, 0.717) is 11.9 Å². The van der Waals surface area contributed by atoms with Crippen molar-refractivity contribution in [2.24, 2.45) is 5.92 Å². The average molecular weight is 234 g/mol. The van der Waals surface area contributed by atoms with E-state index in [0.717, 1.165) is 17.6 Å². The minimum Gasteiger partial charge on any atom is -0.384 e. The molecule has 1 aliphatic rings. The summed E-state index contributed by atoms with van der Waals surface area (Å²) in [7, 11) is 0. The van der Waals surface area contributed by atoms with Crippen molar-refractivity contribution in [1.29, 1.82) is 0 Å². The third-order valence-electron chi connectivity index (χ3n) is 3.63. The number of anilines is 2. The van der Waals surface area contributed by atoms with Gasteiger partial charge >= 0.3 is 0 Å². The first-order valence-electron chi connectivity index (χ1n) is 6.55. The van der Waals surface area contributed by atoms with Crippen LogP contribution in [-0.2, 0) is 0 Å². The third kappa shape index (κ3) is 3.32. The van der Waals surface area contributed by atoms with Gasteiger partial charge in [-0.15, -0.1) is 0 Å². The summed E-state index contributed by atoms with van der Waals surface area (Å²) in [4.78, 5) is 8.44. The van der Waals surface area contributed by atoms with Gasteiger partial charge in [-0.3, -0.25) is 0 Å². The van der Waals surface area contributed by atoms with Crippen molar-refractivity contribution in [2.45, 2.75) is 52.0 Å². The molecule has 94 valence electrons. The molecule has 4 heteroatoms. The monoisotopic (exact) mass is 234 g/mol. The molecule has 1 aromatic rings. The molecule has 0 radical (unpaired) electrons. The van der Waals surface area contributed by atoms with Crippen LogP contribution in [0.15, 0.2) is 6.07 Å². The topological polar surface area (TPSA) is 63.8 Å². The van der Waals surface area contributed by atoms with Gasteiger partial charge in [-0.25, -0.2) is 9.97 Å². The Bertz CT molecular complexity index is 349. The van der Waals surface area contributed by atoms with Crippen molar-refractivity contribution < 1.29 is 0 Å².